The van der Waals surface area contributed by atoms with E-state index in [2.05, 4.69) is 29.8 Å². The Labute approximate surface area is 178 Å². The van der Waals surface area contributed by atoms with Crippen LogP contribution < -0.4 is 3.71 Å². The summed E-state index contributed by atoms with van der Waals surface area (Å²) in [6.45, 7) is 1.92. The normalized spacial score (nSPS) is 16.0. The van der Waals surface area contributed by atoms with Crippen LogP contribution in [-0.2, 0) is 0 Å². The quantitative estimate of drug-likeness (QED) is 0.320. The minimum absolute atomic E-state index is 0.161. The molecule has 0 fully saturated rings. The Balaban J connectivity index is 0.000000208. The van der Waals surface area contributed by atoms with Crippen LogP contribution in [0.25, 0.3) is 11.0 Å². The van der Waals surface area contributed by atoms with Crippen LogP contribution in [0.1, 0.15) is 13.3 Å². The topological polar surface area (TPSA) is 62.0 Å². The van der Waals surface area contributed by atoms with Crippen LogP contribution in [0, 0.1) is 11.2 Å². The number of rotatable bonds is 3. The number of nitrogens with one attached hydrogen (secondary N) is 1. The summed E-state index contributed by atoms with van der Waals surface area (Å²) in [6, 6.07) is 4.53. The van der Waals surface area contributed by atoms with E-state index < -0.39 is 24.2 Å². The molecule has 1 aromatic heterocycles. The molecule has 8 heteroatoms. The summed E-state index contributed by atoms with van der Waals surface area (Å²) >= 11 is 3.55. The fraction of sp³-hybridized carbons (Fsp3) is 0.238. The summed E-state index contributed by atoms with van der Waals surface area (Å²) in [7, 11) is 0. The van der Waals surface area contributed by atoms with Crippen molar-refractivity contribution in [1.29, 1.82) is 5.41 Å². The second-order valence-electron chi connectivity index (χ2n) is 7.35. The minimum atomic E-state index is -2.18. The monoisotopic (exact) mass is 524 g/mol. The van der Waals surface area contributed by atoms with E-state index in [1.807, 2.05) is 13.1 Å². The van der Waals surface area contributed by atoms with Crippen molar-refractivity contribution in [3.63, 3.8) is 0 Å². The Bertz CT molecular complexity index is 1040. The van der Waals surface area contributed by atoms with E-state index in [9.17, 15) is 8.78 Å². The molecule has 0 spiro atoms. The molecule has 0 radical (unpaired) electrons. The van der Waals surface area contributed by atoms with Crippen molar-refractivity contribution >= 4 is 56.1 Å². The number of hydrogen-bond acceptors (Lipinski definition) is 4. The first-order chi connectivity index (χ1) is 13.6. The first kappa shape index (κ1) is 23.3. The molecule has 0 saturated heterocycles. The molecule has 0 saturated carbocycles. The molecule has 1 aromatic carbocycles. The van der Waals surface area contributed by atoms with Gasteiger partial charge < -0.3 is 0 Å². The van der Waals surface area contributed by atoms with Gasteiger partial charge in [-0.25, -0.2) is 9.38 Å². The van der Waals surface area contributed by atoms with E-state index in [1.54, 1.807) is 12.1 Å². The van der Waals surface area contributed by atoms with Crippen LogP contribution >= 0.6 is 11.6 Å². The summed E-state index contributed by atoms with van der Waals surface area (Å²) in [5.74, 6) is -0.668. The number of halogens is 3. The van der Waals surface area contributed by atoms with Gasteiger partial charge in [0.2, 0.25) is 0 Å². The molecule has 0 bridgehead atoms. The van der Waals surface area contributed by atoms with Gasteiger partial charge in [-0.05, 0) is 24.6 Å². The molecular weight excluding hydrogens is 500 g/mol. The molecule has 0 amide bonds. The van der Waals surface area contributed by atoms with E-state index in [0.29, 0.717) is 5.52 Å². The zero-order chi connectivity index (χ0) is 21.6. The summed E-state index contributed by atoms with van der Waals surface area (Å²) in [6.07, 6.45) is 8.06. The number of nitrogens with zero attached hydrogens (tertiary/aromatic N) is 3. The number of aromatic nitrogens is 2. The molecular formula is C21H23ClF2N4Sn. The van der Waals surface area contributed by atoms with Gasteiger partial charge in [0.1, 0.15) is 11.0 Å². The molecule has 152 valence electrons. The fourth-order valence-electron chi connectivity index (χ4n) is 2.27. The van der Waals surface area contributed by atoms with E-state index >= 15 is 0 Å². The predicted octanol–water partition coefficient (Wildman–Crippen LogP) is 5.67. The number of hydrogen-bond donors (Lipinski definition) is 1. The average molecular weight is 524 g/mol. The van der Waals surface area contributed by atoms with Gasteiger partial charge in [-0.1, -0.05) is 18.5 Å². The van der Waals surface area contributed by atoms with E-state index in [0.717, 1.165) is 15.6 Å². The number of allylic oxidation sites excluding steroid dienone is 5. The molecule has 2 aromatic rings. The van der Waals surface area contributed by atoms with Gasteiger partial charge in [-0.2, -0.15) is 0 Å². The molecule has 1 N–H and O–H groups in total. The maximum atomic E-state index is 13.0. The van der Waals surface area contributed by atoms with E-state index in [-0.39, 0.29) is 22.4 Å². The number of aliphatic imine (C=N–C) groups is 1. The van der Waals surface area contributed by atoms with E-state index in [1.165, 1.54) is 30.4 Å². The second-order valence-corrected chi connectivity index (χ2v) is 22.0. The fourth-order valence-corrected chi connectivity index (χ4v) is 5.11. The van der Waals surface area contributed by atoms with Crippen molar-refractivity contribution in [3.8, 4) is 0 Å². The standard InChI is InChI=1S/C10H10ClFN2.C8H4FN2.3CH3.Sn/c1-2-3-10(11)14-9-6-7(12)4-5-8(9)13;9-6-1-2-7-8(5-6)11-4-3-10-7;;;;/h3-6,13H,2H2,1H3;1-3,5H;3*1H3;/b10-3-,13-8?,14-9-;;;;;. The molecule has 0 unspecified atom stereocenters. The van der Waals surface area contributed by atoms with Crippen molar-refractivity contribution in [1.82, 2.24) is 9.97 Å². The van der Waals surface area contributed by atoms with Gasteiger partial charge in [-0.3, -0.25) is 5.41 Å². The summed E-state index contributed by atoms with van der Waals surface area (Å²) in [4.78, 5) is 19.5. The summed E-state index contributed by atoms with van der Waals surface area (Å²) < 4.78 is 26.9. The Morgan fingerprint density at radius 1 is 1.21 bits per heavy atom. The Morgan fingerprint density at radius 3 is 2.59 bits per heavy atom. The molecule has 29 heavy (non-hydrogen) atoms. The number of fused-ring (bicyclic) bond motifs is 1. The van der Waals surface area contributed by atoms with E-state index in [4.69, 9.17) is 17.0 Å². The first-order valence-electron chi connectivity index (χ1n) is 9.11. The van der Waals surface area contributed by atoms with Crippen molar-refractivity contribution in [2.24, 2.45) is 4.99 Å². The van der Waals surface area contributed by atoms with Crippen molar-refractivity contribution in [3.05, 3.63) is 65.5 Å². The van der Waals surface area contributed by atoms with Gasteiger partial charge in [-0.15, -0.1) is 0 Å². The van der Waals surface area contributed by atoms with Gasteiger partial charge >= 0.3 is 92.5 Å². The van der Waals surface area contributed by atoms with Crippen molar-refractivity contribution < 1.29 is 8.78 Å². The zero-order valence-corrected chi connectivity index (χ0v) is 20.4. The third kappa shape index (κ3) is 7.12. The predicted molar refractivity (Wildman–Crippen MR) is 120 cm³/mol. The van der Waals surface area contributed by atoms with Crippen molar-refractivity contribution in [2.45, 2.75) is 28.2 Å². The molecule has 1 heterocycles. The molecule has 0 aliphatic heterocycles. The van der Waals surface area contributed by atoms with Gasteiger partial charge in [0.05, 0.1) is 11.4 Å². The maximum absolute atomic E-state index is 13.0. The zero-order valence-electron chi connectivity index (χ0n) is 16.8. The van der Waals surface area contributed by atoms with Crippen LogP contribution in [0.15, 0.2) is 64.7 Å². The molecule has 0 atom stereocenters. The van der Waals surface area contributed by atoms with Crippen LogP contribution in [0.3, 0.4) is 0 Å². The summed E-state index contributed by atoms with van der Waals surface area (Å²) in [5.41, 5.74) is 1.84. The van der Waals surface area contributed by atoms with Gasteiger partial charge in [0.15, 0.2) is 0 Å². The molecule has 1 aliphatic carbocycles. The third-order valence-corrected chi connectivity index (χ3v) is 9.15. The van der Waals surface area contributed by atoms with Gasteiger partial charge in [0.25, 0.3) is 0 Å². The average Bonchev–Trinajstić information content (AvgIpc) is 2.64. The molecule has 3 rings (SSSR count). The Hall–Kier alpha value is -1.93. The van der Waals surface area contributed by atoms with Crippen LogP contribution in [0.5, 0.6) is 0 Å². The SMILES string of the molecule is CC/C=C(Cl)\N=C1\C=C(F)C=CC1=N.[CH3][Sn]([CH3])([CH3])[c]1cnc2ccc(F)cc2n1. The second kappa shape index (κ2) is 10.2. The Kier molecular flexibility index (Phi) is 8.22. The van der Waals surface area contributed by atoms with Crippen molar-refractivity contribution in [2.75, 3.05) is 0 Å². The van der Waals surface area contributed by atoms with Crippen LogP contribution in [0.2, 0.25) is 14.8 Å². The van der Waals surface area contributed by atoms with Crippen LogP contribution in [-0.4, -0.2) is 39.8 Å². The molecule has 4 nitrogen and oxygen atoms in total. The summed E-state index contributed by atoms with van der Waals surface area (Å²) in [5, 5.41) is 7.73. The molecule has 1 aliphatic rings. The Morgan fingerprint density at radius 2 is 1.93 bits per heavy atom. The number of benzene rings is 1. The third-order valence-electron chi connectivity index (χ3n) is 3.83. The first-order valence-corrected chi connectivity index (χ1v) is 19.5. The van der Waals surface area contributed by atoms with Gasteiger partial charge in [0, 0.05) is 6.08 Å². The van der Waals surface area contributed by atoms with Crippen LogP contribution in [0.4, 0.5) is 8.78 Å².